The Labute approximate surface area is 141 Å². The van der Waals surface area contributed by atoms with Crippen LogP contribution in [0.4, 0.5) is 0 Å². The van der Waals surface area contributed by atoms with Gasteiger partial charge in [-0.1, -0.05) is 12.1 Å². The van der Waals surface area contributed by atoms with Gasteiger partial charge in [0.25, 0.3) is 0 Å². The number of carboxylic acids is 1. The Bertz CT molecular complexity index is 706. The summed E-state index contributed by atoms with van der Waals surface area (Å²) in [5, 5.41) is 8.88. The fourth-order valence-electron chi connectivity index (χ4n) is 2.85. The number of hydrogen-bond acceptors (Lipinski definition) is 4. The standard InChI is InChI=1S/C16H22N2O5S/c1-17(11-12-3-5-14(6-4-12)16(20)21)15(19)13-7-9-18(10-8-13)24(2,22)23/h3-6,13H,7-11H2,1-2H3,(H,20,21). The molecule has 8 heteroatoms. The summed E-state index contributed by atoms with van der Waals surface area (Å²) in [6, 6.07) is 6.42. The Morgan fingerprint density at radius 1 is 1.21 bits per heavy atom. The molecule has 0 spiro atoms. The first-order chi connectivity index (χ1) is 11.2. The fourth-order valence-corrected chi connectivity index (χ4v) is 3.72. The molecule has 0 aliphatic carbocycles. The molecule has 2 rings (SSSR count). The lowest BCUT2D eigenvalue weighted by molar-refractivity contribution is -0.135. The molecular formula is C16H22N2O5S. The number of amides is 1. The Balaban J connectivity index is 1.92. The largest absolute Gasteiger partial charge is 0.478 e. The lowest BCUT2D eigenvalue weighted by Gasteiger charge is -2.31. The van der Waals surface area contributed by atoms with Crippen molar-refractivity contribution in [1.82, 2.24) is 9.21 Å². The molecular weight excluding hydrogens is 332 g/mol. The third-order valence-electron chi connectivity index (χ3n) is 4.27. The molecule has 0 aromatic heterocycles. The van der Waals surface area contributed by atoms with Gasteiger partial charge in [0, 0.05) is 32.6 Å². The third kappa shape index (κ3) is 4.55. The maximum Gasteiger partial charge on any atom is 0.335 e. The van der Waals surface area contributed by atoms with E-state index in [1.807, 2.05) is 0 Å². The minimum atomic E-state index is -3.19. The smallest absolute Gasteiger partial charge is 0.335 e. The number of nitrogens with zero attached hydrogens (tertiary/aromatic N) is 2. The van der Waals surface area contributed by atoms with Crippen LogP contribution in [0.1, 0.15) is 28.8 Å². The van der Waals surface area contributed by atoms with Crippen molar-refractivity contribution in [2.75, 3.05) is 26.4 Å². The van der Waals surface area contributed by atoms with E-state index in [1.165, 1.54) is 22.7 Å². The molecule has 0 saturated carbocycles. The molecule has 1 saturated heterocycles. The van der Waals surface area contributed by atoms with Crippen LogP contribution in [-0.2, 0) is 21.4 Å². The molecule has 132 valence electrons. The van der Waals surface area contributed by atoms with Gasteiger partial charge in [0.2, 0.25) is 15.9 Å². The van der Waals surface area contributed by atoms with Crippen molar-refractivity contribution in [3.8, 4) is 0 Å². The second kappa shape index (κ2) is 7.31. The van der Waals surface area contributed by atoms with Crippen molar-refractivity contribution in [3.63, 3.8) is 0 Å². The minimum Gasteiger partial charge on any atom is -0.478 e. The summed E-state index contributed by atoms with van der Waals surface area (Å²) < 4.78 is 24.4. The van der Waals surface area contributed by atoms with E-state index >= 15 is 0 Å². The van der Waals surface area contributed by atoms with Crippen LogP contribution in [0.3, 0.4) is 0 Å². The molecule has 1 aromatic rings. The van der Waals surface area contributed by atoms with Gasteiger partial charge in [-0.3, -0.25) is 4.79 Å². The molecule has 1 aromatic carbocycles. The van der Waals surface area contributed by atoms with Gasteiger partial charge in [-0.2, -0.15) is 0 Å². The molecule has 1 aliphatic heterocycles. The summed E-state index contributed by atoms with van der Waals surface area (Å²) in [5.41, 5.74) is 1.06. The molecule has 0 bridgehead atoms. The molecule has 0 atom stereocenters. The van der Waals surface area contributed by atoms with E-state index in [1.54, 1.807) is 24.1 Å². The van der Waals surface area contributed by atoms with Crippen LogP contribution in [-0.4, -0.2) is 61.0 Å². The van der Waals surface area contributed by atoms with Gasteiger partial charge in [-0.15, -0.1) is 0 Å². The predicted octanol–water partition coefficient (Wildman–Crippen LogP) is 1.01. The summed E-state index contributed by atoms with van der Waals surface area (Å²) in [6.07, 6.45) is 2.23. The Morgan fingerprint density at radius 2 is 1.75 bits per heavy atom. The van der Waals surface area contributed by atoms with Crippen LogP contribution in [0.5, 0.6) is 0 Å². The van der Waals surface area contributed by atoms with Crippen molar-refractivity contribution in [2.24, 2.45) is 5.92 Å². The first-order valence-electron chi connectivity index (χ1n) is 7.71. The number of carboxylic acid groups (broad SMARTS) is 1. The lowest BCUT2D eigenvalue weighted by atomic mass is 9.96. The Kier molecular flexibility index (Phi) is 5.61. The van der Waals surface area contributed by atoms with Gasteiger partial charge in [-0.05, 0) is 30.5 Å². The van der Waals surface area contributed by atoms with E-state index in [4.69, 9.17) is 5.11 Å². The van der Waals surface area contributed by atoms with Crippen LogP contribution in [0.25, 0.3) is 0 Å². The molecule has 1 fully saturated rings. The molecule has 1 N–H and O–H groups in total. The Hall–Kier alpha value is -1.93. The highest BCUT2D eigenvalue weighted by Gasteiger charge is 2.30. The van der Waals surface area contributed by atoms with E-state index < -0.39 is 16.0 Å². The van der Waals surface area contributed by atoms with Crippen LogP contribution < -0.4 is 0 Å². The van der Waals surface area contributed by atoms with E-state index in [2.05, 4.69) is 0 Å². The lowest BCUT2D eigenvalue weighted by Crippen LogP contribution is -2.42. The topological polar surface area (TPSA) is 95.0 Å². The first kappa shape index (κ1) is 18.4. The van der Waals surface area contributed by atoms with Crippen molar-refractivity contribution < 1.29 is 23.1 Å². The van der Waals surface area contributed by atoms with Crippen LogP contribution in [0.2, 0.25) is 0 Å². The molecule has 1 amide bonds. The van der Waals surface area contributed by atoms with Crippen molar-refractivity contribution in [2.45, 2.75) is 19.4 Å². The zero-order valence-corrected chi connectivity index (χ0v) is 14.6. The molecule has 24 heavy (non-hydrogen) atoms. The summed E-state index contributed by atoms with van der Waals surface area (Å²) in [6.45, 7) is 1.14. The van der Waals surface area contributed by atoms with Crippen LogP contribution in [0, 0.1) is 5.92 Å². The van der Waals surface area contributed by atoms with Gasteiger partial charge in [0.1, 0.15) is 0 Å². The number of rotatable bonds is 5. The van der Waals surface area contributed by atoms with Crippen LogP contribution in [0.15, 0.2) is 24.3 Å². The quantitative estimate of drug-likeness (QED) is 0.852. The number of piperidine rings is 1. The highest BCUT2D eigenvalue weighted by atomic mass is 32.2. The number of aromatic carboxylic acids is 1. The summed E-state index contributed by atoms with van der Waals surface area (Å²) in [5.74, 6) is -1.17. The highest BCUT2D eigenvalue weighted by molar-refractivity contribution is 7.88. The van der Waals surface area contributed by atoms with Gasteiger partial charge < -0.3 is 10.0 Å². The van der Waals surface area contributed by atoms with Gasteiger partial charge in [0.15, 0.2) is 0 Å². The average molecular weight is 354 g/mol. The number of sulfonamides is 1. The summed E-state index contributed by atoms with van der Waals surface area (Å²) in [4.78, 5) is 24.9. The Morgan fingerprint density at radius 3 is 2.21 bits per heavy atom. The summed E-state index contributed by atoms with van der Waals surface area (Å²) >= 11 is 0. The highest BCUT2D eigenvalue weighted by Crippen LogP contribution is 2.21. The first-order valence-corrected chi connectivity index (χ1v) is 9.55. The van der Waals surface area contributed by atoms with E-state index in [0.29, 0.717) is 32.5 Å². The minimum absolute atomic E-state index is 0.00883. The number of hydrogen-bond donors (Lipinski definition) is 1. The van der Waals surface area contributed by atoms with E-state index in [9.17, 15) is 18.0 Å². The monoisotopic (exact) mass is 354 g/mol. The predicted molar refractivity (Wildman–Crippen MR) is 89.0 cm³/mol. The second-order valence-electron chi connectivity index (χ2n) is 6.13. The van der Waals surface area contributed by atoms with E-state index in [-0.39, 0.29) is 17.4 Å². The number of carbonyl (C=O) groups is 2. The zero-order valence-electron chi connectivity index (χ0n) is 13.8. The zero-order chi connectivity index (χ0) is 17.9. The van der Waals surface area contributed by atoms with E-state index in [0.717, 1.165) is 5.56 Å². The number of carbonyl (C=O) groups excluding carboxylic acids is 1. The van der Waals surface area contributed by atoms with Crippen molar-refractivity contribution >= 4 is 21.9 Å². The fraction of sp³-hybridized carbons (Fsp3) is 0.500. The van der Waals surface area contributed by atoms with Crippen LogP contribution >= 0.6 is 0 Å². The normalized spacial score (nSPS) is 16.8. The maximum absolute atomic E-state index is 12.5. The number of benzene rings is 1. The van der Waals surface area contributed by atoms with Gasteiger partial charge in [-0.25, -0.2) is 17.5 Å². The third-order valence-corrected chi connectivity index (χ3v) is 5.57. The molecule has 1 aliphatic rings. The molecule has 7 nitrogen and oxygen atoms in total. The molecule has 0 unspecified atom stereocenters. The maximum atomic E-state index is 12.5. The van der Waals surface area contributed by atoms with Crippen molar-refractivity contribution in [3.05, 3.63) is 35.4 Å². The summed E-state index contributed by atoms with van der Waals surface area (Å²) in [7, 11) is -1.49. The van der Waals surface area contributed by atoms with Gasteiger partial charge in [0.05, 0.1) is 11.8 Å². The molecule has 0 radical (unpaired) electrons. The average Bonchev–Trinajstić information content (AvgIpc) is 2.54. The van der Waals surface area contributed by atoms with Crippen molar-refractivity contribution in [1.29, 1.82) is 0 Å². The van der Waals surface area contributed by atoms with Gasteiger partial charge >= 0.3 is 5.97 Å². The molecule has 1 heterocycles. The SMILES string of the molecule is CN(Cc1ccc(C(=O)O)cc1)C(=O)C1CCN(S(C)(=O)=O)CC1. The second-order valence-corrected chi connectivity index (χ2v) is 8.12.